The molecule has 1 unspecified atom stereocenters. The highest BCUT2D eigenvalue weighted by Crippen LogP contribution is 2.56. The third-order valence-corrected chi connectivity index (χ3v) is 8.40. The predicted molar refractivity (Wildman–Crippen MR) is 114 cm³/mol. The van der Waals surface area contributed by atoms with E-state index in [1.165, 1.54) is 62.5 Å². The van der Waals surface area contributed by atoms with E-state index < -0.39 is 7.60 Å². The Labute approximate surface area is 167 Å². The van der Waals surface area contributed by atoms with E-state index in [-0.39, 0.29) is 0 Å². The largest absolute Gasteiger partial charge is 0.420 e. The van der Waals surface area contributed by atoms with Gasteiger partial charge in [-0.2, -0.15) is 0 Å². The average Bonchev–Trinajstić information content (AvgIpc) is 2.74. The maximum Gasteiger partial charge on any atom is 0.408 e. The first kappa shape index (κ1) is 18.5. The highest BCUT2D eigenvalue weighted by Gasteiger charge is 2.37. The van der Waals surface area contributed by atoms with Crippen molar-refractivity contribution >= 4 is 12.9 Å². The van der Waals surface area contributed by atoms with Crippen LogP contribution >= 0.6 is 7.60 Å². The fourth-order valence-corrected chi connectivity index (χ4v) is 6.81. The van der Waals surface area contributed by atoms with Crippen molar-refractivity contribution in [2.75, 3.05) is 0 Å². The molecule has 148 valence electrons. The van der Waals surface area contributed by atoms with Crippen LogP contribution in [0.4, 0.5) is 0 Å². The van der Waals surface area contributed by atoms with E-state index >= 15 is 0 Å². The van der Waals surface area contributed by atoms with Crippen LogP contribution in [-0.4, -0.2) is 4.89 Å². The lowest BCUT2D eigenvalue weighted by atomic mass is 9.78. The molecule has 0 saturated heterocycles. The zero-order valence-corrected chi connectivity index (χ0v) is 17.3. The van der Waals surface area contributed by atoms with E-state index in [4.69, 9.17) is 4.52 Å². The second-order valence-corrected chi connectivity index (χ2v) is 10.5. The maximum atomic E-state index is 13.0. The fourth-order valence-electron chi connectivity index (χ4n) is 5.49. The van der Waals surface area contributed by atoms with Crippen LogP contribution in [0.2, 0.25) is 0 Å². The minimum absolute atomic E-state index is 0.441. The zero-order chi connectivity index (χ0) is 19.1. The maximum absolute atomic E-state index is 13.0. The van der Waals surface area contributed by atoms with Gasteiger partial charge < -0.3 is 9.42 Å². The summed E-state index contributed by atoms with van der Waals surface area (Å²) in [5, 5.41) is 0.442. The minimum Gasteiger partial charge on any atom is -0.420 e. The minimum atomic E-state index is -3.83. The van der Waals surface area contributed by atoms with Crippen LogP contribution in [-0.2, 0) is 4.57 Å². The molecule has 3 aliphatic rings. The van der Waals surface area contributed by atoms with Gasteiger partial charge in [-0.25, -0.2) is 4.57 Å². The van der Waals surface area contributed by atoms with Gasteiger partial charge in [0, 0.05) is 11.1 Å². The summed E-state index contributed by atoms with van der Waals surface area (Å²) in [7, 11) is -3.83. The highest BCUT2D eigenvalue weighted by molar-refractivity contribution is 7.62. The third kappa shape index (κ3) is 3.23. The summed E-state index contributed by atoms with van der Waals surface area (Å²) in [6, 6.07) is 12.1. The molecule has 1 N–H and O–H groups in total. The van der Waals surface area contributed by atoms with Crippen LogP contribution in [0.1, 0.15) is 87.2 Å². The number of hydrogen-bond acceptors (Lipinski definition) is 2. The lowest BCUT2D eigenvalue weighted by Gasteiger charge is -2.32. The first-order valence-corrected chi connectivity index (χ1v) is 12.5. The number of rotatable bonds is 2. The molecule has 2 aliphatic carbocycles. The molecule has 0 aromatic heterocycles. The molecule has 0 spiro atoms. The molecular formula is C24H29O3P. The van der Waals surface area contributed by atoms with E-state index in [0.29, 0.717) is 22.9 Å². The molecule has 2 aromatic carbocycles. The summed E-state index contributed by atoms with van der Waals surface area (Å²) in [5.74, 6) is 1.73. The van der Waals surface area contributed by atoms with Crippen LogP contribution < -0.4 is 9.83 Å². The Morgan fingerprint density at radius 2 is 1.46 bits per heavy atom. The van der Waals surface area contributed by atoms with Gasteiger partial charge in [-0.15, -0.1) is 0 Å². The second-order valence-electron chi connectivity index (χ2n) is 8.79. The van der Waals surface area contributed by atoms with Gasteiger partial charge in [0.2, 0.25) is 0 Å². The molecule has 2 fully saturated rings. The molecule has 0 amide bonds. The van der Waals surface area contributed by atoms with Crippen LogP contribution in [0.15, 0.2) is 36.4 Å². The van der Waals surface area contributed by atoms with Crippen molar-refractivity contribution in [3.8, 4) is 16.9 Å². The molecule has 0 bridgehead atoms. The van der Waals surface area contributed by atoms with Crippen LogP contribution in [0.3, 0.4) is 0 Å². The van der Waals surface area contributed by atoms with E-state index in [1.807, 2.05) is 18.2 Å². The molecular weight excluding hydrogens is 367 g/mol. The first-order chi connectivity index (χ1) is 13.6. The quantitative estimate of drug-likeness (QED) is 0.578. The molecule has 1 atom stereocenters. The van der Waals surface area contributed by atoms with Gasteiger partial charge in [0.1, 0.15) is 5.75 Å². The lowest BCUT2D eigenvalue weighted by Crippen LogP contribution is -2.20. The molecule has 1 aliphatic heterocycles. The van der Waals surface area contributed by atoms with Crippen LogP contribution in [0.25, 0.3) is 11.1 Å². The predicted octanol–water partition coefficient (Wildman–Crippen LogP) is 6.65. The summed E-state index contributed by atoms with van der Waals surface area (Å²) in [4.78, 5) is 10.6. The van der Waals surface area contributed by atoms with E-state index in [1.54, 1.807) is 6.07 Å². The van der Waals surface area contributed by atoms with E-state index in [9.17, 15) is 9.46 Å². The molecule has 2 aromatic rings. The van der Waals surface area contributed by atoms with E-state index in [0.717, 1.165) is 24.0 Å². The van der Waals surface area contributed by atoms with Crippen molar-refractivity contribution in [2.45, 2.75) is 76.0 Å². The van der Waals surface area contributed by atoms with Gasteiger partial charge >= 0.3 is 7.60 Å². The van der Waals surface area contributed by atoms with Crippen molar-refractivity contribution in [3.63, 3.8) is 0 Å². The zero-order valence-electron chi connectivity index (χ0n) is 16.4. The van der Waals surface area contributed by atoms with Crippen LogP contribution in [0, 0.1) is 0 Å². The fraction of sp³-hybridized carbons (Fsp3) is 0.500. The van der Waals surface area contributed by atoms with Gasteiger partial charge in [-0.1, -0.05) is 62.8 Å². The Hall–Kier alpha value is -1.57. The number of fused-ring (bicyclic) bond motifs is 3. The SMILES string of the molecule is O=P1(O)Oc2c(cc(C3CCCCC3)cc2C2CCCCC2)-c2ccccc21. The van der Waals surface area contributed by atoms with Crippen molar-refractivity contribution in [1.29, 1.82) is 0 Å². The smallest absolute Gasteiger partial charge is 0.408 e. The Morgan fingerprint density at radius 3 is 2.18 bits per heavy atom. The Bertz CT molecular complexity index is 923. The summed E-state index contributed by atoms with van der Waals surface area (Å²) in [6.45, 7) is 0. The van der Waals surface area contributed by atoms with Crippen molar-refractivity contribution in [2.24, 2.45) is 0 Å². The Kier molecular flexibility index (Phi) is 4.85. The molecule has 28 heavy (non-hydrogen) atoms. The van der Waals surface area contributed by atoms with Crippen molar-refractivity contribution < 1.29 is 14.0 Å². The first-order valence-electron chi connectivity index (χ1n) is 10.9. The van der Waals surface area contributed by atoms with Crippen molar-refractivity contribution in [1.82, 2.24) is 0 Å². The monoisotopic (exact) mass is 396 g/mol. The number of hydrogen-bond donors (Lipinski definition) is 1. The Morgan fingerprint density at radius 1 is 0.821 bits per heavy atom. The summed E-state index contributed by atoms with van der Waals surface area (Å²) >= 11 is 0. The molecule has 5 rings (SSSR count). The summed E-state index contributed by atoms with van der Waals surface area (Å²) in [6.07, 6.45) is 12.5. The standard InChI is InChI=1S/C24H29O3P/c25-28(26)23-14-8-7-13-20(23)22-16-19(17-9-3-1-4-10-17)15-21(24(22)27-28)18-11-5-2-6-12-18/h7-8,13-18H,1-6,9-12H2,(H,25,26). The molecule has 4 heteroatoms. The molecule has 3 nitrogen and oxygen atoms in total. The summed E-state index contributed by atoms with van der Waals surface area (Å²) < 4.78 is 18.9. The van der Waals surface area contributed by atoms with E-state index in [2.05, 4.69) is 12.1 Å². The van der Waals surface area contributed by atoms with Crippen LogP contribution in [0.5, 0.6) is 5.75 Å². The second kappa shape index (κ2) is 7.35. The van der Waals surface area contributed by atoms with Gasteiger partial charge in [-0.3, -0.25) is 0 Å². The molecule has 1 heterocycles. The van der Waals surface area contributed by atoms with Gasteiger partial charge in [0.25, 0.3) is 0 Å². The topological polar surface area (TPSA) is 46.5 Å². The van der Waals surface area contributed by atoms with Crippen molar-refractivity contribution in [3.05, 3.63) is 47.5 Å². The van der Waals surface area contributed by atoms with Gasteiger partial charge in [0.05, 0.1) is 5.30 Å². The Balaban J connectivity index is 1.70. The highest BCUT2D eigenvalue weighted by atomic mass is 31.2. The normalized spacial score (nSPS) is 25.6. The van der Waals surface area contributed by atoms with Gasteiger partial charge in [-0.05, 0) is 60.8 Å². The summed E-state index contributed by atoms with van der Waals surface area (Å²) in [5.41, 5.74) is 4.50. The molecule has 0 radical (unpaired) electrons. The average molecular weight is 396 g/mol. The van der Waals surface area contributed by atoms with Gasteiger partial charge in [0.15, 0.2) is 0 Å². The lowest BCUT2D eigenvalue weighted by molar-refractivity contribution is 0.381. The molecule has 2 saturated carbocycles. The number of benzene rings is 2. The third-order valence-electron chi connectivity index (χ3n) is 6.98.